The standard InChI is InChI=1S/C12H13BrN2O5/c1-19-12(16)11-7-20-5-4-14(11)9-3-2-8(13)6-10(9)15(17)18/h2-3,6,11H,4-5,7H2,1H3. The number of hydrogen-bond acceptors (Lipinski definition) is 6. The van der Waals surface area contributed by atoms with Crippen molar-refractivity contribution in [3.8, 4) is 0 Å². The number of halogens is 1. The zero-order valence-corrected chi connectivity index (χ0v) is 12.3. The summed E-state index contributed by atoms with van der Waals surface area (Å²) in [6.45, 7) is 0.947. The van der Waals surface area contributed by atoms with E-state index in [9.17, 15) is 14.9 Å². The van der Waals surface area contributed by atoms with Crippen molar-refractivity contribution in [1.29, 1.82) is 0 Å². The lowest BCUT2D eigenvalue weighted by Crippen LogP contribution is -2.50. The number of nitrogens with zero attached hydrogens (tertiary/aromatic N) is 2. The van der Waals surface area contributed by atoms with Gasteiger partial charge in [-0.25, -0.2) is 4.79 Å². The quantitative estimate of drug-likeness (QED) is 0.472. The number of methoxy groups -OCH3 is 1. The van der Waals surface area contributed by atoms with Gasteiger partial charge in [0.1, 0.15) is 5.69 Å². The Morgan fingerprint density at radius 1 is 1.60 bits per heavy atom. The topological polar surface area (TPSA) is 81.9 Å². The van der Waals surface area contributed by atoms with Gasteiger partial charge in [-0.05, 0) is 12.1 Å². The fourth-order valence-electron chi connectivity index (χ4n) is 2.11. The Bertz CT molecular complexity index is 537. The van der Waals surface area contributed by atoms with Gasteiger partial charge in [0.05, 0.1) is 25.2 Å². The number of benzene rings is 1. The Morgan fingerprint density at radius 3 is 3.00 bits per heavy atom. The smallest absolute Gasteiger partial charge is 0.330 e. The van der Waals surface area contributed by atoms with Crippen LogP contribution in [0.2, 0.25) is 0 Å². The van der Waals surface area contributed by atoms with Crippen LogP contribution in [-0.2, 0) is 14.3 Å². The molecule has 1 aromatic carbocycles. The number of nitro benzene ring substituents is 1. The van der Waals surface area contributed by atoms with Gasteiger partial charge < -0.3 is 14.4 Å². The number of carbonyl (C=O) groups is 1. The van der Waals surface area contributed by atoms with E-state index in [1.807, 2.05) is 0 Å². The highest BCUT2D eigenvalue weighted by molar-refractivity contribution is 9.10. The number of nitro groups is 1. The van der Waals surface area contributed by atoms with Crippen LogP contribution in [0.3, 0.4) is 0 Å². The van der Waals surface area contributed by atoms with Crippen molar-refractivity contribution < 1.29 is 19.2 Å². The Morgan fingerprint density at radius 2 is 2.35 bits per heavy atom. The first-order valence-corrected chi connectivity index (χ1v) is 6.70. The summed E-state index contributed by atoms with van der Waals surface area (Å²) in [6.07, 6.45) is 0. The van der Waals surface area contributed by atoms with E-state index < -0.39 is 16.9 Å². The van der Waals surface area contributed by atoms with E-state index in [0.29, 0.717) is 23.3 Å². The highest BCUT2D eigenvalue weighted by Gasteiger charge is 2.34. The molecule has 0 aromatic heterocycles. The Labute approximate surface area is 123 Å². The minimum atomic E-state index is -0.673. The molecule has 0 radical (unpaired) electrons. The molecule has 0 aliphatic carbocycles. The van der Waals surface area contributed by atoms with Gasteiger partial charge in [0.25, 0.3) is 5.69 Å². The summed E-state index contributed by atoms with van der Waals surface area (Å²) in [6, 6.07) is 4.06. The van der Waals surface area contributed by atoms with E-state index in [1.165, 1.54) is 13.2 Å². The number of hydrogen-bond donors (Lipinski definition) is 0. The van der Waals surface area contributed by atoms with Crippen molar-refractivity contribution in [1.82, 2.24) is 0 Å². The van der Waals surface area contributed by atoms with Crippen LogP contribution in [-0.4, -0.2) is 43.8 Å². The highest BCUT2D eigenvalue weighted by Crippen LogP contribution is 2.33. The lowest BCUT2D eigenvalue weighted by Gasteiger charge is -2.35. The fraction of sp³-hybridized carbons (Fsp3) is 0.417. The molecule has 1 atom stereocenters. The van der Waals surface area contributed by atoms with Crippen LogP contribution < -0.4 is 4.90 Å². The van der Waals surface area contributed by atoms with Gasteiger partial charge in [0.2, 0.25) is 0 Å². The molecule has 1 unspecified atom stereocenters. The van der Waals surface area contributed by atoms with Gasteiger partial charge in [0, 0.05) is 17.1 Å². The minimum Gasteiger partial charge on any atom is -0.467 e. The van der Waals surface area contributed by atoms with Crippen molar-refractivity contribution in [2.75, 3.05) is 31.8 Å². The number of anilines is 1. The zero-order chi connectivity index (χ0) is 14.7. The molecule has 0 amide bonds. The van der Waals surface area contributed by atoms with Crippen LogP contribution in [0.1, 0.15) is 0 Å². The van der Waals surface area contributed by atoms with E-state index in [0.717, 1.165) is 0 Å². The molecule has 108 valence electrons. The molecule has 1 aromatic rings. The lowest BCUT2D eigenvalue weighted by molar-refractivity contribution is -0.384. The van der Waals surface area contributed by atoms with Crippen LogP contribution in [0.25, 0.3) is 0 Å². The molecule has 1 aliphatic heterocycles. The van der Waals surface area contributed by atoms with E-state index in [2.05, 4.69) is 15.9 Å². The zero-order valence-electron chi connectivity index (χ0n) is 10.7. The summed E-state index contributed by atoms with van der Waals surface area (Å²) in [5.41, 5.74) is 0.326. The summed E-state index contributed by atoms with van der Waals surface area (Å²) in [4.78, 5) is 24.1. The summed E-state index contributed by atoms with van der Waals surface area (Å²) in [5, 5.41) is 11.2. The van der Waals surface area contributed by atoms with Crippen LogP contribution in [0, 0.1) is 10.1 Å². The first-order valence-electron chi connectivity index (χ1n) is 5.90. The summed E-state index contributed by atoms with van der Waals surface area (Å²) >= 11 is 3.21. The Hall–Kier alpha value is -1.67. The number of morpholine rings is 1. The van der Waals surface area contributed by atoms with Gasteiger partial charge in [0.15, 0.2) is 6.04 Å². The van der Waals surface area contributed by atoms with Crippen LogP contribution in [0.4, 0.5) is 11.4 Å². The largest absolute Gasteiger partial charge is 0.467 e. The molecule has 0 spiro atoms. The first kappa shape index (κ1) is 14.7. The maximum atomic E-state index is 11.8. The van der Waals surface area contributed by atoms with Crippen molar-refractivity contribution in [3.05, 3.63) is 32.8 Å². The fourth-order valence-corrected chi connectivity index (χ4v) is 2.46. The third-order valence-corrected chi connectivity index (χ3v) is 3.54. The summed E-state index contributed by atoms with van der Waals surface area (Å²) in [5.74, 6) is -0.470. The van der Waals surface area contributed by atoms with Crippen molar-refractivity contribution in [2.24, 2.45) is 0 Å². The molecule has 1 saturated heterocycles. The van der Waals surface area contributed by atoms with Gasteiger partial charge in [-0.2, -0.15) is 0 Å². The molecule has 0 saturated carbocycles. The molecule has 1 aliphatic rings. The third-order valence-electron chi connectivity index (χ3n) is 3.05. The van der Waals surface area contributed by atoms with Crippen LogP contribution >= 0.6 is 15.9 Å². The Balaban J connectivity index is 2.42. The predicted octanol–water partition coefficient (Wildman–Crippen LogP) is 1.74. The minimum absolute atomic E-state index is 0.0600. The van der Waals surface area contributed by atoms with Crippen LogP contribution in [0.5, 0.6) is 0 Å². The maximum Gasteiger partial charge on any atom is 0.330 e. The molecule has 1 fully saturated rings. The molecule has 0 N–H and O–H groups in total. The average Bonchev–Trinajstić information content (AvgIpc) is 2.46. The van der Waals surface area contributed by atoms with Crippen molar-refractivity contribution in [2.45, 2.75) is 6.04 Å². The molecule has 0 bridgehead atoms. The first-order chi connectivity index (χ1) is 9.54. The van der Waals surface area contributed by atoms with E-state index in [-0.39, 0.29) is 12.3 Å². The van der Waals surface area contributed by atoms with E-state index >= 15 is 0 Å². The summed E-state index contributed by atoms with van der Waals surface area (Å²) < 4.78 is 10.6. The number of esters is 1. The van der Waals surface area contributed by atoms with Gasteiger partial charge in [-0.3, -0.25) is 10.1 Å². The summed E-state index contributed by atoms with van der Waals surface area (Å²) in [7, 11) is 1.28. The molecule has 2 rings (SSSR count). The highest BCUT2D eigenvalue weighted by atomic mass is 79.9. The maximum absolute atomic E-state index is 11.8. The predicted molar refractivity (Wildman–Crippen MR) is 74.8 cm³/mol. The van der Waals surface area contributed by atoms with E-state index in [4.69, 9.17) is 9.47 Å². The second-order valence-corrected chi connectivity index (χ2v) is 5.11. The second kappa shape index (κ2) is 6.19. The van der Waals surface area contributed by atoms with Crippen LogP contribution in [0.15, 0.2) is 22.7 Å². The number of carbonyl (C=O) groups excluding carboxylic acids is 1. The number of rotatable bonds is 3. The lowest BCUT2D eigenvalue weighted by atomic mass is 10.1. The number of ether oxygens (including phenoxy) is 2. The molecule has 20 heavy (non-hydrogen) atoms. The molecule has 8 heteroatoms. The molecular formula is C12H13BrN2O5. The normalized spacial score (nSPS) is 18.7. The van der Waals surface area contributed by atoms with Crippen molar-refractivity contribution >= 4 is 33.3 Å². The van der Waals surface area contributed by atoms with Gasteiger partial charge in [-0.15, -0.1) is 0 Å². The monoisotopic (exact) mass is 344 g/mol. The third kappa shape index (κ3) is 2.91. The Kier molecular flexibility index (Phi) is 4.56. The molecule has 7 nitrogen and oxygen atoms in total. The van der Waals surface area contributed by atoms with Gasteiger partial charge in [-0.1, -0.05) is 15.9 Å². The molecular weight excluding hydrogens is 332 g/mol. The second-order valence-electron chi connectivity index (χ2n) is 4.20. The SMILES string of the molecule is COC(=O)C1COCCN1c1ccc(Br)cc1[N+](=O)[O-]. The van der Waals surface area contributed by atoms with Gasteiger partial charge >= 0.3 is 5.97 Å². The molecule has 1 heterocycles. The van der Waals surface area contributed by atoms with E-state index in [1.54, 1.807) is 17.0 Å². The van der Waals surface area contributed by atoms with Crippen molar-refractivity contribution in [3.63, 3.8) is 0 Å². The average molecular weight is 345 g/mol.